The summed E-state index contributed by atoms with van der Waals surface area (Å²) in [7, 11) is 0. The third kappa shape index (κ3) is 2.55. The fourth-order valence-electron chi connectivity index (χ4n) is 1.28. The first kappa shape index (κ1) is 10.6. The normalized spacial score (nSPS) is 12.1. The summed E-state index contributed by atoms with van der Waals surface area (Å²) in [6.45, 7) is 1.71. The zero-order valence-electron chi connectivity index (χ0n) is 8.87. The fourth-order valence-corrected chi connectivity index (χ4v) is 1.28. The molecule has 0 amide bonds. The van der Waals surface area contributed by atoms with Gasteiger partial charge >= 0.3 is 6.01 Å². The lowest BCUT2D eigenvalue weighted by Crippen LogP contribution is -1.93. The van der Waals surface area contributed by atoms with Crippen LogP contribution >= 0.6 is 0 Å². The zero-order chi connectivity index (χ0) is 11.4. The van der Waals surface area contributed by atoms with Crippen molar-refractivity contribution in [2.75, 3.05) is 0 Å². The van der Waals surface area contributed by atoms with E-state index < -0.39 is 6.10 Å². The number of rotatable bonds is 3. The smallest absolute Gasteiger partial charge is 0.321 e. The third-order valence-electron chi connectivity index (χ3n) is 2.09. The summed E-state index contributed by atoms with van der Waals surface area (Å²) in [5.41, 5.74) is 0.799. The second kappa shape index (κ2) is 4.72. The first-order valence-corrected chi connectivity index (χ1v) is 4.98. The van der Waals surface area contributed by atoms with E-state index in [4.69, 9.17) is 4.74 Å². The molecule has 0 saturated heterocycles. The molecule has 1 atom stereocenters. The summed E-state index contributed by atoms with van der Waals surface area (Å²) < 4.78 is 5.44. The van der Waals surface area contributed by atoms with Gasteiger partial charge in [0, 0.05) is 12.4 Å². The van der Waals surface area contributed by atoms with Crippen molar-refractivity contribution in [1.29, 1.82) is 0 Å². The highest BCUT2D eigenvalue weighted by Crippen LogP contribution is 2.21. The molecule has 4 nitrogen and oxygen atoms in total. The van der Waals surface area contributed by atoms with E-state index in [9.17, 15) is 5.11 Å². The van der Waals surface area contributed by atoms with Crippen molar-refractivity contribution < 1.29 is 9.84 Å². The minimum atomic E-state index is -0.514. The van der Waals surface area contributed by atoms with Gasteiger partial charge in [0.05, 0.1) is 6.10 Å². The van der Waals surface area contributed by atoms with Crippen LogP contribution in [0.2, 0.25) is 0 Å². The van der Waals surface area contributed by atoms with E-state index in [-0.39, 0.29) is 0 Å². The molecule has 0 bridgehead atoms. The molecular weight excluding hydrogens is 204 g/mol. The average molecular weight is 216 g/mol. The van der Waals surface area contributed by atoms with Crippen LogP contribution in [0, 0.1) is 0 Å². The van der Waals surface area contributed by atoms with Crippen molar-refractivity contribution in [1.82, 2.24) is 9.97 Å². The maximum absolute atomic E-state index is 9.43. The molecule has 0 spiro atoms. The quantitative estimate of drug-likeness (QED) is 0.855. The Balaban J connectivity index is 2.19. The molecule has 2 aromatic rings. The fraction of sp³-hybridized carbons (Fsp3) is 0.167. The van der Waals surface area contributed by atoms with Crippen molar-refractivity contribution in [3.63, 3.8) is 0 Å². The van der Waals surface area contributed by atoms with E-state index in [0.717, 1.165) is 5.56 Å². The van der Waals surface area contributed by atoms with Gasteiger partial charge in [0.15, 0.2) is 0 Å². The Kier molecular flexibility index (Phi) is 3.12. The van der Waals surface area contributed by atoms with Crippen molar-refractivity contribution in [3.05, 3.63) is 48.3 Å². The number of ether oxygens (including phenoxy) is 1. The van der Waals surface area contributed by atoms with Gasteiger partial charge in [-0.05, 0) is 30.7 Å². The van der Waals surface area contributed by atoms with Gasteiger partial charge in [-0.25, -0.2) is 9.97 Å². The van der Waals surface area contributed by atoms with Gasteiger partial charge in [-0.1, -0.05) is 12.1 Å². The van der Waals surface area contributed by atoms with E-state index in [0.29, 0.717) is 11.8 Å². The summed E-state index contributed by atoms with van der Waals surface area (Å²) in [4.78, 5) is 7.91. The largest absolute Gasteiger partial charge is 0.424 e. The second-order valence-corrected chi connectivity index (χ2v) is 3.38. The van der Waals surface area contributed by atoms with E-state index in [1.807, 2.05) is 12.1 Å². The zero-order valence-corrected chi connectivity index (χ0v) is 8.87. The van der Waals surface area contributed by atoms with Gasteiger partial charge in [-0.2, -0.15) is 0 Å². The van der Waals surface area contributed by atoms with E-state index in [2.05, 4.69) is 9.97 Å². The molecule has 1 aromatic heterocycles. The summed E-state index contributed by atoms with van der Waals surface area (Å²) in [6, 6.07) is 9.23. The predicted molar refractivity (Wildman–Crippen MR) is 59.2 cm³/mol. The van der Waals surface area contributed by atoms with Crippen molar-refractivity contribution in [3.8, 4) is 11.8 Å². The molecule has 1 N–H and O–H groups in total. The van der Waals surface area contributed by atoms with Crippen LogP contribution in [-0.4, -0.2) is 15.1 Å². The molecule has 1 heterocycles. The highest BCUT2D eigenvalue weighted by Gasteiger charge is 2.03. The molecule has 0 aliphatic heterocycles. The molecule has 2 rings (SSSR count). The number of aliphatic hydroxyl groups excluding tert-OH is 1. The molecule has 0 aliphatic carbocycles. The van der Waals surface area contributed by atoms with Crippen LogP contribution in [0.25, 0.3) is 0 Å². The van der Waals surface area contributed by atoms with Gasteiger partial charge < -0.3 is 9.84 Å². The Bertz CT molecular complexity index is 458. The van der Waals surface area contributed by atoms with E-state index in [1.54, 1.807) is 37.5 Å². The predicted octanol–water partition coefficient (Wildman–Crippen LogP) is 2.32. The Labute approximate surface area is 93.6 Å². The lowest BCUT2D eigenvalue weighted by atomic mass is 10.1. The van der Waals surface area contributed by atoms with E-state index in [1.165, 1.54) is 0 Å². The highest BCUT2D eigenvalue weighted by molar-refractivity contribution is 5.31. The molecule has 0 saturated carbocycles. The molecule has 16 heavy (non-hydrogen) atoms. The summed E-state index contributed by atoms with van der Waals surface area (Å²) in [5, 5.41) is 9.43. The van der Waals surface area contributed by atoms with Crippen molar-refractivity contribution in [2.24, 2.45) is 0 Å². The number of benzene rings is 1. The number of hydrogen-bond acceptors (Lipinski definition) is 4. The maximum atomic E-state index is 9.43. The molecule has 0 aliphatic rings. The van der Waals surface area contributed by atoms with Gasteiger partial charge in [0.2, 0.25) is 0 Å². The second-order valence-electron chi connectivity index (χ2n) is 3.38. The first-order chi connectivity index (χ1) is 7.75. The lowest BCUT2D eigenvalue weighted by Gasteiger charge is -2.07. The molecule has 0 fully saturated rings. The SMILES string of the molecule is CC(O)c1cccc(Oc2ncccn2)c1. The Hall–Kier alpha value is -1.94. The Morgan fingerprint density at radius 2 is 1.94 bits per heavy atom. The Morgan fingerprint density at radius 1 is 1.19 bits per heavy atom. The molecule has 82 valence electrons. The molecule has 1 aromatic carbocycles. The minimum absolute atomic E-state index is 0.297. The number of aromatic nitrogens is 2. The monoisotopic (exact) mass is 216 g/mol. The van der Waals surface area contributed by atoms with Crippen LogP contribution in [0.15, 0.2) is 42.7 Å². The number of aliphatic hydroxyl groups is 1. The van der Waals surface area contributed by atoms with Crippen LogP contribution in [0.5, 0.6) is 11.8 Å². The Morgan fingerprint density at radius 3 is 2.62 bits per heavy atom. The van der Waals surface area contributed by atoms with Crippen LogP contribution in [-0.2, 0) is 0 Å². The molecule has 4 heteroatoms. The van der Waals surface area contributed by atoms with Crippen molar-refractivity contribution in [2.45, 2.75) is 13.0 Å². The minimum Gasteiger partial charge on any atom is -0.424 e. The first-order valence-electron chi connectivity index (χ1n) is 4.98. The standard InChI is InChI=1S/C12H12N2O2/c1-9(15)10-4-2-5-11(8-10)16-12-13-6-3-7-14-12/h2-9,15H,1H3. The highest BCUT2D eigenvalue weighted by atomic mass is 16.5. The topological polar surface area (TPSA) is 55.2 Å². The molecular formula is C12H12N2O2. The van der Waals surface area contributed by atoms with Crippen molar-refractivity contribution >= 4 is 0 Å². The average Bonchev–Trinajstić information content (AvgIpc) is 2.30. The molecule has 0 radical (unpaired) electrons. The van der Waals surface area contributed by atoms with Gasteiger partial charge in [-0.3, -0.25) is 0 Å². The van der Waals surface area contributed by atoms with Crippen LogP contribution in [0.4, 0.5) is 0 Å². The van der Waals surface area contributed by atoms with Gasteiger partial charge in [0.1, 0.15) is 5.75 Å². The maximum Gasteiger partial charge on any atom is 0.321 e. The lowest BCUT2D eigenvalue weighted by molar-refractivity contribution is 0.199. The van der Waals surface area contributed by atoms with Crippen LogP contribution in [0.1, 0.15) is 18.6 Å². The summed E-state index contributed by atoms with van der Waals surface area (Å²) >= 11 is 0. The summed E-state index contributed by atoms with van der Waals surface area (Å²) in [6.07, 6.45) is 2.71. The number of hydrogen-bond donors (Lipinski definition) is 1. The third-order valence-corrected chi connectivity index (χ3v) is 2.09. The van der Waals surface area contributed by atoms with Gasteiger partial charge in [0.25, 0.3) is 0 Å². The molecule has 1 unspecified atom stereocenters. The van der Waals surface area contributed by atoms with Crippen LogP contribution < -0.4 is 4.74 Å². The van der Waals surface area contributed by atoms with E-state index >= 15 is 0 Å². The summed E-state index contributed by atoms with van der Waals surface area (Å²) in [5.74, 6) is 0.615. The number of nitrogens with zero attached hydrogens (tertiary/aromatic N) is 2. The van der Waals surface area contributed by atoms with Crippen LogP contribution in [0.3, 0.4) is 0 Å². The van der Waals surface area contributed by atoms with Gasteiger partial charge in [-0.15, -0.1) is 0 Å².